The van der Waals surface area contributed by atoms with E-state index in [-0.39, 0.29) is 5.56 Å². The van der Waals surface area contributed by atoms with Gasteiger partial charge in [0.2, 0.25) is 0 Å². The summed E-state index contributed by atoms with van der Waals surface area (Å²) in [6.45, 7) is 2.55. The largest absolute Gasteiger partial charge is 0.493 e. The molecule has 0 atom stereocenters. The first-order chi connectivity index (χ1) is 13.8. The molecule has 3 aromatic carbocycles. The van der Waals surface area contributed by atoms with E-state index in [1.165, 1.54) is 0 Å². The van der Waals surface area contributed by atoms with Crippen LogP contribution < -0.4 is 10.3 Å². The average Bonchev–Trinajstić information content (AvgIpc) is 2.74. The Morgan fingerprint density at radius 1 is 0.893 bits per heavy atom. The van der Waals surface area contributed by atoms with E-state index in [1.54, 1.807) is 4.57 Å². The third-order valence-corrected chi connectivity index (χ3v) is 4.45. The second-order valence-corrected chi connectivity index (χ2v) is 6.27. The molecule has 0 aliphatic carbocycles. The number of ether oxygens (including phenoxy) is 1. The molecule has 1 aromatic heterocycles. The summed E-state index contributed by atoms with van der Waals surface area (Å²) < 4.78 is 7.34. The summed E-state index contributed by atoms with van der Waals surface area (Å²) in [5, 5.41) is 0.596. The topological polar surface area (TPSA) is 44.1 Å². The number of para-hydroxylation sites is 3. The molecule has 0 aliphatic rings. The second kappa shape index (κ2) is 7.92. The van der Waals surface area contributed by atoms with E-state index in [2.05, 4.69) is 0 Å². The van der Waals surface area contributed by atoms with Crippen LogP contribution in [0.15, 0.2) is 83.7 Å². The number of nitrogens with zero attached hydrogens (tertiary/aromatic N) is 2. The van der Waals surface area contributed by atoms with Crippen LogP contribution in [0.1, 0.15) is 18.3 Å². The number of aromatic nitrogens is 2. The highest BCUT2D eigenvalue weighted by atomic mass is 16.5. The van der Waals surface area contributed by atoms with Crippen molar-refractivity contribution in [2.24, 2.45) is 0 Å². The molecule has 28 heavy (non-hydrogen) atoms. The summed E-state index contributed by atoms with van der Waals surface area (Å²) in [7, 11) is 0. The Hall–Kier alpha value is -3.66. The van der Waals surface area contributed by atoms with E-state index in [0.717, 1.165) is 17.0 Å². The summed E-state index contributed by atoms with van der Waals surface area (Å²) in [5.41, 5.74) is 2.31. The number of hydrogen-bond donors (Lipinski definition) is 0. The Balaban J connectivity index is 1.90. The first kappa shape index (κ1) is 17.7. The van der Waals surface area contributed by atoms with Gasteiger partial charge in [-0.1, -0.05) is 48.5 Å². The van der Waals surface area contributed by atoms with Gasteiger partial charge >= 0.3 is 0 Å². The fraction of sp³-hybridized carbons (Fsp3) is 0.0833. The molecule has 0 radical (unpaired) electrons. The van der Waals surface area contributed by atoms with Crippen molar-refractivity contribution in [3.63, 3.8) is 0 Å². The molecule has 4 aromatic rings. The van der Waals surface area contributed by atoms with Gasteiger partial charge in [-0.2, -0.15) is 0 Å². The predicted molar refractivity (Wildman–Crippen MR) is 114 cm³/mol. The van der Waals surface area contributed by atoms with E-state index in [0.29, 0.717) is 23.3 Å². The van der Waals surface area contributed by atoms with Gasteiger partial charge in [0.25, 0.3) is 5.56 Å². The van der Waals surface area contributed by atoms with Crippen LogP contribution in [0.2, 0.25) is 0 Å². The van der Waals surface area contributed by atoms with Crippen LogP contribution in [0.3, 0.4) is 0 Å². The van der Waals surface area contributed by atoms with E-state index in [1.807, 2.05) is 97.9 Å². The van der Waals surface area contributed by atoms with Crippen LogP contribution >= 0.6 is 0 Å². The fourth-order valence-electron chi connectivity index (χ4n) is 3.16. The van der Waals surface area contributed by atoms with Gasteiger partial charge in [-0.05, 0) is 49.4 Å². The number of rotatable bonds is 5. The SMILES string of the molecule is CCOc1ccccc1/C=C/c1nc2ccccc2c(=O)n1-c1ccccc1. The first-order valence-electron chi connectivity index (χ1n) is 9.25. The van der Waals surface area contributed by atoms with Gasteiger partial charge in [0, 0.05) is 5.56 Å². The van der Waals surface area contributed by atoms with Gasteiger partial charge in [0.1, 0.15) is 11.6 Å². The first-order valence-corrected chi connectivity index (χ1v) is 9.25. The third kappa shape index (κ3) is 3.45. The summed E-state index contributed by atoms with van der Waals surface area (Å²) in [4.78, 5) is 17.9. The highest BCUT2D eigenvalue weighted by Crippen LogP contribution is 2.21. The molecule has 0 unspecified atom stereocenters. The standard InChI is InChI=1S/C24H20N2O2/c1-2-28-22-15-9-6-10-18(22)16-17-23-25-21-14-8-7-13-20(21)24(27)26(23)19-11-4-3-5-12-19/h3-17H,2H2,1H3/b17-16+. The maximum atomic E-state index is 13.2. The smallest absolute Gasteiger partial charge is 0.266 e. The minimum absolute atomic E-state index is 0.0884. The van der Waals surface area contributed by atoms with Crippen LogP contribution in [-0.4, -0.2) is 16.2 Å². The molecule has 0 aliphatic heterocycles. The van der Waals surface area contributed by atoms with Crippen molar-refractivity contribution in [1.29, 1.82) is 0 Å². The zero-order valence-electron chi connectivity index (χ0n) is 15.6. The third-order valence-electron chi connectivity index (χ3n) is 4.45. The maximum Gasteiger partial charge on any atom is 0.266 e. The molecule has 0 spiro atoms. The van der Waals surface area contributed by atoms with Crippen molar-refractivity contribution in [1.82, 2.24) is 9.55 Å². The van der Waals surface area contributed by atoms with Crippen molar-refractivity contribution >= 4 is 23.1 Å². The molecular weight excluding hydrogens is 348 g/mol. The highest BCUT2D eigenvalue weighted by Gasteiger charge is 2.10. The Morgan fingerprint density at radius 3 is 2.43 bits per heavy atom. The molecule has 0 amide bonds. The van der Waals surface area contributed by atoms with Crippen LogP contribution in [0.4, 0.5) is 0 Å². The zero-order chi connectivity index (χ0) is 19.3. The Morgan fingerprint density at radius 2 is 1.61 bits per heavy atom. The van der Waals surface area contributed by atoms with Gasteiger partial charge in [-0.3, -0.25) is 9.36 Å². The van der Waals surface area contributed by atoms with Crippen LogP contribution in [0.5, 0.6) is 5.75 Å². The molecule has 4 nitrogen and oxygen atoms in total. The molecule has 4 heteroatoms. The zero-order valence-corrected chi connectivity index (χ0v) is 15.6. The van der Waals surface area contributed by atoms with Crippen molar-refractivity contribution < 1.29 is 4.74 Å². The van der Waals surface area contributed by atoms with E-state index in [9.17, 15) is 4.79 Å². The fourth-order valence-corrected chi connectivity index (χ4v) is 3.16. The quantitative estimate of drug-likeness (QED) is 0.500. The number of hydrogen-bond acceptors (Lipinski definition) is 3. The second-order valence-electron chi connectivity index (χ2n) is 6.27. The lowest BCUT2D eigenvalue weighted by molar-refractivity contribution is 0.339. The number of fused-ring (bicyclic) bond motifs is 1. The predicted octanol–water partition coefficient (Wildman–Crippen LogP) is 4.95. The lowest BCUT2D eigenvalue weighted by atomic mass is 10.1. The Kier molecular flexibility index (Phi) is 5.02. The van der Waals surface area contributed by atoms with E-state index in [4.69, 9.17) is 9.72 Å². The molecule has 0 saturated heterocycles. The molecule has 0 fully saturated rings. The Labute approximate surface area is 163 Å². The molecule has 0 N–H and O–H groups in total. The van der Waals surface area contributed by atoms with Crippen LogP contribution in [-0.2, 0) is 0 Å². The van der Waals surface area contributed by atoms with Gasteiger partial charge in [0.05, 0.1) is 23.2 Å². The van der Waals surface area contributed by atoms with Crippen molar-refractivity contribution in [3.8, 4) is 11.4 Å². The van der Waals surface area contributed by atoms with E-state index >= 15 is 0 Å². The van der Waals surface area contributed by atoms with Crippen molar-refractivity contribution in [2.75, 3.05) is 6.61 Å². The summed E-state index contributed by atoms with van der Waals surface area (Å²) in [5.74, 6) is 1.37. The molecule has 4 rings (SSSR count). The summed E-state index contributed by atoms with van der Waals surface area (Å²) in [6.07, 6.45) is 3.79. The lowest BCUT2D eigenvalue weighted by Gasteiger charge is -2.11. The van der Waals surface area contributed by atoms with Gasteiger partial charge in [-0.15, -0.1) is 0 Å². The maximum absolute atomic E-state index is 13.2. The van der Waals surface area contributed by atoms with Crippen molar-refractivity contribution in [2.45, 2.75) is 6.92 Å². The molecular formula is C24H20N2O2. The normalized spacial score (nSPS) is 11.2. The van der Waals surface area contributed by atoms with Crippen LogP contribution in [0, 0.1) is 0 Å². The highest BCUT2D eigenvalue weighted by molar-refractivity contribution is 5.80. The van der Waals surface area contributed by atoms with Gasteiger partial charge < -0.3 is 4.74 Å². The molecule has 138 valence electrons. The monoisotopic (exact) mass is 368 g/mol. The van der Waals surface area contributed by atoms with Crippen LogP contribution in [0.25, 0.3) is 28.7 Å². The average molecular weight is 368 g/mol. The molecule has 1 heterocycles. The van der Waals surface area contributed by atoms with Gasteiger partial charge in [-0.25, -0.2) is 4.98 Å². The van der Waals surface area contributed by atoms with Gasteiger partial charge in [0.15, 0.2) is 0 Å². The van der Waals surface area contributed by atoms with Crippen molar-refractivity contribution in [3.05, 3.63) is 101 Å². The summed E-state index contributed by atoms with van der Waals surface area (Å²) >= 11 is 0. The van der Waals surface area contributed by atoms with E-state index < -0.39 is 0 Å². The molecule has 0 saturated carbocycles. The minimum atomic E-state index is -0.0884. The summed E-state index contributed by atoms with van der Waals surface area (Å²) in [6, 6.07) is 24.8. The lowest BCUT2D eigenvalue weighted by Crippen LogP contribution is -2.22. The molecule has 0 bridgehead atoms. The number of benzene rings is 3. The Bertz CT molecular complexity index is 1190. The minimum Gasteiger partial charge on any atom is -0.493 e.